The van der Waals surface area contributed by atoms with Crippen molar-refractivity contribution in [3.8, 4) is 17.2 Å². The number of ether oxygens (including phenoxy) is 2. The van der Waals surface area contributed by atoms with Crippen molar-refractivity contribution in [1.82, 2.24) is 0 Å². The molecule has 0 saturated heterocycles. The summed E-state index contributed by atoms with van der Waals surface area (Å²) in [6.45, 7) is 1.86. The average molecular weight is 314 g/mol. The third kappa shape index (κ3) is 2.90. The summed E-state index contributed by atoms with van der Waals surface area (Å²) in [5.74, 6) is 1.17. The van der Waals surface area contributed by atoms with E-state index >= 15 is 0 Å². The molecule has 0 unspecified atom stereocenters. The Morgan fingerprint density at radius 2 is 1.78 bits per heavy atom. The van der Waals surface area contributed by atoms with Gasteiger partial charge >= 0.3 is 0 Å². The fourth-order valence-electron chi connectivity index (χ4n) is 2.29. The first-order chi connectivity index (χ1) is 11.1. The Balaban J connectivity index is 2.13. The summed E-state index contributed by atoms with van der Waals surface area (Å²) in [5, 5.41) is 0.403. The molecule has 0 aliphatic carbocycles. The van der Waals surface area contributed by atoms with Gasteiger partial charge in [-0.2, -0.15) is 0 Å². The summed E-state index contributed by atoms with van der Waals surface area (Å²) < 4.78 is 29.6. The van der Waals surface area contributed by atoms with Gasteiger partial charge in [-0.15, -0.1) is 0 Å². The van der Waals surface area contributed by atoms with Crippen molar-refractivity contribution in [2.75, 3.05) is 7.11 Å². The van der Waals surface area contributed by atoms with Crippen LogP contribution >= 0.6 is 0 Å². The summed E-state index contributed by atoms with van der Waals surface area (Å²) in [7, 11) is 1.55. The van der Waals surface area contributed by atoms with E-state index in [9.17, 15) is 9.18 Å². The summed E-state index contributed by atoms with van der Waals surface area (Å²) in [5.41, 5.74) is 0.174. The van der Waals surface area contributed by atoms with E-state index in [1.165, 1.54) is 24.3 Å². The largest absolute Gasteiger partial charge is 0.497 e. The molecule has 1 aromatic heterocycles. The van der Waals surface area contributed by atoms with E-state index in [0.29, 0.717) is 34.6 Å². The molecule has 0 atom stereocenters. The van der Waals surface area contributed by atoms with Gasteiger partial charge in [0.25, 0.3) is 0 Å². The Labute approximate surface area is 132 Å². The van der Waals surface area contributed by atoms with Gasteiger partial charge in [0, 0.05) is 12.5 Å². The van der Waals surface area contributed by atoms with Crippen molar-refractivity contribution in [3.63, 3.8) is 0 Å². The topological polar surface area (TPSA) is 48.7 Å². The Morgan fingerprint density at radius 3 is 2.43 bits per heavy atom. The zero-order valence-corrected chi connectivity index (χ0v) is 12.8. The van der Waals surface area contributed by atoms with Gasteiger partial charge in [0.1, 0.15) is 22.9 Å². The van der Waals surface area contributed by atoms with Gasteiger partial charge in [-0.25, -0.2) is 4.39 Å². The van der Waals surface area contributed by atoms with Crippen LogP contribution in [0.15, 0.2) is 51.7 Å². The minimum Gasteiger partial charge on any atom is -0.497 e. The van der Waals surface area contributed by atoms with Crippen molar-refractivity contribution >= 4 is 11.0 Å². The maximum absolute atomic E-state index is 13.0. The standard InChI is InChI=1S/C18H15FO4/c1-3-15-18(22-12-6-4-11(19)5-7-12)17(20)14-9-8-13(21-2)10-16(14)23-15/h4-10H,3H2,1-2H3. The molecule has 0 bridgehead atoms. The van der Waals surface area contributed by atoms with Crippen LogP contribution in [0.1, 0.15) is 12.7 Å². The lowest BCUT2D eigenvalue weighted by atomic mass is 10.2. The fourth-order valence-corrected chi connectivity index (χ4v) is 2.29. The number of fused-ring (bicyclic) bond motifs is 1. The van der Waals surface area contributed by atoms with Crippen LogP contribution in [-0.4, -0.2) is 7.11 Å². The van der Waals surface area contributed by atoms with Gasteiger partial charge in [0.15, 0.2) is 5.76 Å². The molecule has 0 fully saturated rings. The van der Waals surface area contributed by atoms with E-state index in [4.69, 9.17) is 13.9 Å². The molecule has 23 heavy (non-hydrogen) atoms. The lowest BCUT2D eigenvalue weighted by molar-refractivity contribution is 0.411. The number of rotatable bonds is 4. The van der Waals surface area contributed by atoms with Gasteiger partial charge in [0.2, 0.25) is 11.2 Å². The van der Waals surface area contributed by atoms with E-state index in [1.54, 1.807) is 25.3 Å². The van der Waals surface area contributed by atoms with E-state index in [2.05, 4.69) is 0 Å². The molecule has 0 spiro atoms. The Morgan fingerprint density at radius 1 is 1.09 bits per heavy atom. The first-order valence-corrected chi connectivity index (χ1v) is 7.19. The fraction of sp³-hybridized carbons (Fsp3) is 0.167. The SMILES string of the molecule is CCc1oc2cc(OC)ccc2c(=O)c1Oc1ccc(F)cc1. The highest BCUT2D eigenvalue weighted by atomic mass is 19.1. The minimum absolute atomic E-state index is 0.122. The van der Waals surface area contributed by atoms with Crippen LogP contribution < -0.4 is 14.9 Å². The molecule has 4 nitrogen and oxygen atoms in total. The molecule has 0 radical (unpaired) electrons. The van der Waals surface area contributed by atoms with Crippen LogP contribution in [0.4, 0.5) is 4.39 Å². The first kappa shape index (κ1) is 15.1. The number of hydrogen-bond acceptors (Lipinski definition) is 4. The first-order valence-electron chi connectivity index (χ1n) is 7.19. The molecule has 5 heteroatoms. The van der Waals surface area contributed by atoms with Crippen LogP contribution in [-0.2, 0) is 6.42 Å². The van der Waals surface area contributed by atoms with Crippen molar-refractivity contribution in [1.29, 1.82) is 0 Å². The smallest absolute Gasteiger partial charge is 0.235 e. The van der Waals surface area contributed by atoms with Gasteiger partial charge in [-0.05, 0) is 36.4 Å². The number of aryl methyl sites for hydroxylation is 1. The maximum Gasteiger partial charge on any atom is 0.235 e. The second kappa shape index (κ2) is 6.12. The zero-order valence-electron chi connectivity index (χ0n) is 12.8. The van der Waals surface area contributed by atoms with Crippen LogP contribution in [0.2, 0.25) is 0 Å². The minimum atomic E-state index is -0.370. The number of benzene rings is 2. The number of hydrogen-bond donors (Lipinski definition) is 0. The van der Waals surface area contributed by atoms with E-state index in [1.807, 2.05) is 6.92 Å². The normalized spacial score (nSPS) is 10.7. The molecular formula is C18H15FO4. The highest BCUT2D eigenvalue weighted by molar-refractivity contribution is 5.79. The molecule has 0 N–H and O–H groups in total. The van der Waals surface area contributed by atoms with Crippen LogP contribution in [0, 0.1) is 5.82 Å². The van der Waals surface area contributed by atoms with E-state index in [0.717, 1.165) is 0 Å². The summed E-state index contributed by atoms with van der Waals surface area (Å²) >= 11 is 0. The molecule has 0 aliphatic rings. The number of methoxy groups -OCH3 is 1. The van der Waals surface area contributed by atoms with Crippen molar-refractivity contribution in [3.05, 3.63) is 64.3 Å². The summed E-state index contributed by atoms with van der Waals surface area (Å²) in [6, 6.07) is 10.5. The molecule has 1 heterocycles. The van der Waals surface area contributed by atoms with Gasteiger partial charge in [0.05, 0.1) is 12.5 Å². The summed E-state index contributed by atoms with van der Waals surface area (Å²) in [4.78, 5) is 12.7. The second-order valence-corrected chi connectivity index (χ2v) is 4.96. The van der Waals surface area contributed by atoms with E-state index in [-0.39, 0.29) is 17.0 Å². The van der Waals surface area contributed by atoms with Crippen LogP contribution in [0.3, 0.4) is 0 Å². The molecule has 2 aromatic carbocycles. The van der Waals surface area contributed by atoms with Gasteiger partial charge in [-0.1, -0.05) is 6.92 Å². The quantitative estimate of drug-likeness (QED) is 0.720. The summed E-state index contributed by atoms with van der Waals surface area (Å²) in [6.07, 6.45) is 0.485. The Hall–Kier alpha value is -2.82. The molecule has 3 aromatic rings. The molecule has 0 aliphatic heterocycles. The predicted octanol–water partition coefficient (Wildman–Crippen LogP) is 4.30. The highest BCUT2D eigenvalue weighted by Gasteiger charge is 2.16. The zero-order chi connectivity index (χ0) is 16.4. The van der Waals surface area contributed by atoms with Gasteiger partial charge < -0.3 is 13.9 Å². The third-order valence-corrected chi connectivity index (χ3v) is 3.48. The van der Waals surface area contributed by atoms with Crippen molar-refractivity contribution < 1.29 is 18.3 Å². The lowest BCUT2D eigenvalue weighted by Gasteiger charge is -2.10. The van der Waals surface area contributed by atoms with Crippen LogP contribution in [0.25, 0.3) is 11.0 Å². The van der Waals surface area contributed by atoms with Crippen LogP contribution in [0.5, 0.6) is 17.2 Å². The maximum atomic E-state index is 13.0. The van der Waals surface area contributed by atoms with Crippen molar-refractivity contribution in [2.24, 2.45) is 0 Å². The third-order valence-electron chi connectivity index (χ3n) is 3.48. The monoisotopic (exact) mass is 314 g/mol. The Kier molecular flexibility index (Phi) is 4.02. The Bertz CT molecular complexity index is 897. The average Bonchev–Trinajstić information content (AvgIpc) is 2.58. The molecule has 0 saturated carbocycles. The lowest BCUT2D eigenvalue weighted by Crippen LogP contribution is -2.08. The van der Waals surface area contributed by atoms with Gasteiger partial charge in [-0.3, -0.25) is 4.79 Å². The number of halogens is 1. The molecular weight excluding hydrogens is 299 g/mol. The molecule has 118 valence electrons. The van der Waals surface area contributed by atoms with E-state index < -0.39 is 0 Å². The second-order valence-electron chi connectivity index (χ2n) is 4.96. The molecule has 0 amide bonds. The molecule has 3 rings (SSSR count). The predicted molar refractivity (Wildman–Crippen MR) is 84.9 cm³/mol. The highest BCUT2D eigenvalue weighted by Crippen LogP contribution is 2.28. The van der Waals surface area contributed by atoms with Crippen molar-refractivity contribution in [2.45, 2.75) is 13.3 Å².